The molecule has 6 heteroatoms. The van der Waals surface area contributed by atoms with Gasteiger partial charge >= 0.3 is 0 Å². The summed E-state index contributed by atoms with van der Waals surface area (Å²) in [4.78, 5) is 0. The van der Waals surface area contributed by atoms with Crippen LogP contribution in [0.4, 0.5) is 0 Å². The Morgan fingerprint density at radius 2 is 1.59 bits per heavy atom. The minimum absolute atomic E-state index is 0.139. The van der Waals surface area contributed by atoms with E-state index in [4.69, 9.17) is 55.9 Å². The van der Waals surface area contributed by atoms with Crippen molar-refractivity contribution in [2.45, 2.75) is 6.61 Å². The molecule has 22 heavy (non-hydrogen) atoms. The second kappa shape index (κ2) is 8.54. The Hall–Kier alpha value is -1.06. The number of ether oxygens (including phenoxy) is 2. The lowest BCUT2D eigenvalue weighted by Gasteiger charge is -2.12. The summed E-state index contributed by atoms with van der Waals surface area (Å²) in [5.74, 6) is 0.929. The average Bonchev–Trinajstić information content (AvgIpc) is 2.47. The minimum atomic E-state index is 0.139. The molecule has 116 valence electrons. The van der Waals surface area contributed by atoms with Gasteiger partial charge in [-0.2, -0.15) is 0 Å². The fraction of sp³-hybridized carbons (Fsp3) is 0.125. The van der Waals surface area contributed by atoms with Crippen molar-refractivity contribution in [2.24, 2.45) is 0 Å². The smallest absolute Gasteiger partial charge is 0.157 e. The molecule has 0 atom stereocenters. The lowest BCUT2D eigenvalue weighted by atomic mass is 10.2. The third-order valence-electron chi connectivity index (χ3n) is 2.69. The van der Waals surface area contributed by atoms with Crippen molar-refractivity contribution in [1.29, 1.82) is 0 Å². The highest BCUT2D eigenvalue weighted by Crippen LogP contribution is 2.37. The number of hydrogen-bond acceptors (Lipinski definition) is 2. The Balaban J connectivity index is 2.05. The molecule has 0 aliphatic carbocycles. The second-order valence-corrected chi connectivity index (χ2v) is 6.12. The van der Waals surface area contributed by atoms with Crippen LogP contribution in [0.2, 0.25) is 10.0 Å². The molecule has 2 rings (SSSR count). The van der Waals surface area contributed by atoms with Gasteiger partial charge in [0.2, 0.25) is 0 Å². The van der Waals surface area contributed by atoms with Gasteiger partial charge in [0.15, 0.2) is 5.75 Å². The molecule has 0 N–H and O–H groups in total. The number of halogens is 4. The third kappa shape index (κ3) is 5.29. The van der Waals surface area contributed by atoms with E-state index in [0.29, 0.717) is 28.2 Å². The van der Waals surface area contributed by atoms with Gasteiger partial charge in [-0.15, -0.1) is 0 Å². The van der Waals surface area contributed by atoms with Crippen molar-refractivity contribution in [2.75, 3.05) is 6.61 Å². The van der Waals surface area contributed by atoms with Crippen LogP contribution in [0.25, 0.3) is 0 Å². The van der Waals surface area contributed by atoms with E-state index in [9.17, 15) is 0 Å². The molecule has 0 fully saturated rings. The topological polar surface area (TPSA) is 18.5 Å². The minimum Gasteiger partial charge on any atom is -0.489 e. The molecule has 0 saturated heterocycles. The summed E-state index contributed by atoms with van der Waals surface area (Å²) in [5, 5.41) is 0.749. The van der Waals surface area contributed by atoms with Gasteiger partial charge in [-0.25, -0.2) is 0 Å². The number of benzene rings is 2. The van der Waals surface area contributed by atoms with Crippen LogP contribution in [-0.2, 0) is 6.61 Å². The molecule has 0 radical (unpaired) electrons. The van der Waals surface area contributed by atoms with Gasteiger partial charge in [0, 0.05) is 12.1 Å². The third-order valence-corrected chi connectivity index (χ3v) is 3.56. The van der Waals surface area contributed by atoms with Crippen LogP contribution in [-0.4, -0.2) is 6.61 Å². The van der Waals surface area contributed by atoms with Crippen LogP contribution >= 0.6 is 46.4 Å². The molecule has 0 bridgehead atoms. The molecule has 0 amide bonds. The molecule has 0 aliphatic heterocycles. The van der Waals surface area contributed by atoms with Gasteiger partial charge in [0.25, 0.3) is 0 Å². The van der Waals surface area contributed by atoms with Gasteiger partial charge in [0.05, 0.1) is 10.0 Å². The van der Waals surface area contributed by atoms with Crippen molar-refractivity contribution in [1.82, 2.24) is 0 Å². The Bertz CT molecular complexity index is 629. The maximum absolute atomic E-state index is 6.19. The summed E-state index contributed by atoms with van der Waals surface area (Å²) in [6.07, 6.45) is 1.52. The zero-order valence-corrected chi connectivity index (χ0v) is 14.4. The summed E-state index contributed by atoms with van der Waals surface area (Å²) in [6.45, 7) is 0.601. The van der Waals surface area contributed by atoms with E-state index in [0.717, 1.165) is 5.56 Å². The second-order valence-electron chi connectivity index (χ2n) is 4.30. The van der Waals surface area contributed by atoms with E-state index in [1.165, 1.54) is 6.08 Å². The Labute approximate surface area is 149 Å². The molecule has 0 aromatic heterocycles. The maximum atomic E-state index is 6.19. The summed E-state index contributed by atoms with van der Waals surface area (Å²) >= 11 is 23.4. The summed E-state index contributed by atoms with van der Waals surface area (Å²) in [6, 6.07) is 13.0. The Kier molecular flexibility index (Phi) is 6.71. The van der Waals surface area contributed by atoms with Crippen LogP contribution in [0, 0.1) is 0 Å². The van der Waals surface area contributed by atoms with Crippen LogP contribution < -0.4 is 9.47 Å². The van der Waals surface area contributed by atoms with Crippen molar-refractivity contribution < 1.29 is 9.47 Å². The zero-order valence-electron chi connectivity index (χ0n) is 11.4. The van der Waals surface area contributed by atoms with E-state index in [-0.39, 0.29) is 11.1 Å². The van der Waals surface area contributed by atoms with Crippen molar-refractivity contribution in [3.8, 4) is 11.5 Å². The highest BCUT2D eigenvalue weighted by molar-refractivity contribution is 6.55. The van der Waals surface area contributed by atoms with Gasteiger partial charge in [-0.05, 0) is 11.6 Å². The highest BCUT2D eigenvalue weighted by atomic mass is 35.5. The van der Waals surface area contributed by atoms with Crippen LogP contribution in [0.5, 0.6) is 11.5 Å². The summed E-state index contributed by atoms with van der Waals surface area (Å²) < 4.78 is 11.2. The molecule has 0 saturated carbocycles. The molecule has 2 nitrogen and oxygen atoms in total. The zero-order chi connectivity index (χ0) is 15.9. The largest absolute Gasteiger partial charge is 0.489 e. The van der Waals surface area contributed by atoms with Gasteiger partial charge in [-0.3, -0.25) is 0 Å². The van der Waals surface area contributed by atoms with Crippen LogP contribution in [0.15, 0.2) is 53.0 Å². The Morgan fingerprint density at radius 1 is 0.955 bits per heavy atom. The molecular formula is C16H12Cl4O2. The molecule has 2 aromatic carbocycles. The molecular weight excluding hydrogens is 366 g/mol. The quantitative estimate of drug-likeness (QED) is 0.590. The number of hydrogen-bond donors (Lipinski definition) is 0. The molecule has 0 heterocycles. The maximum Gasteiger partial charge on any atom is 0.157 e. The van der Waals surface area contributed by atoms with E-state index in [2.05, 4.69) is 0 Å². The van der Waals surface area contributed by atoms with Gasteiger partial charge < -0.3 is 9.47 Å². The first kappa shape index (κ1) is 17.3. The van der Waals surface area contributed by atoms with E-state index < -0.39 is 0 Å². The monoisotopic (exact) mass is 376 g/mol. The van der Waals surface area contributed by atoms with E-state index in [1.54, 1.807) is 12.1 Å². The van der Waals surface area contributed by atoms with E-state index >= 15 is 0 Å². The van der Waals surface area contributed by atoms with Crippen molar-refractivity contribution >= 4 is 46.4 Å². The van der Waals surface area contributed by atoms with E-state index in [1.807, 2.05) is 30.3 Å². The molecule has 0 unspecified atom stereocenters. The van der Waals surface area contributed by atoms with Crippen molar-refractivity contribution in [3.05, 3.63) is 68.6 Å². The Morgan fingerprint density at radius 3 is 2.18 bits per heavy atom. The first-order valence-electron chi connectivity index (χ1n) is 6.36. The summed E-state index contributed by atoms with van der Waals surface area (Å²) in [5.41, 5.74) is 1.02. The van der Waals surface area contributed by atoms with Crippen molar-refractivity contribution in [3.63, 3.8) is 0 Å². The predicted octanol–water partition coefficient (Wildman–Crippen LogP) is 6.27. The fourth-order valence-electron chi connectivity index (χ4n) is 1.69. The molecule has 0 aliphatic rings. The molecule has 2 aromatic rings. The normalized spacial score (nSPS) is 10.2. The number of rotatable bonds is 6. The first-order valence-corrected chi connectivity index (χ1v) is 7.87. The van der Waals surface area contributed by atoms with Crippen LogP contribution in [0.3, 0.4) is 0 Å². The molecule has 0 spiro atoms. The lowest BCUT2D eigenvalue weighted by molar-refractivity contribution is 0.305. The lowest BCUT2D eigenvalue weighted by Crippen LogP contribution is -1.98. The average molecular weight is 378 g/mol. The fourth-order valence-corrected chi connectivity index (χ4v) is 2.39. The predicted molar refractivity (Wildman–Crippen MR) is 92.5 cm³/mol. The van der Waals surface area contributed by atoms with Crippen LogP contribution in [0.1, 0.15) is 5.56 Å². The summed E-state index contributed by atoms with van der Waals surface area (Å²) in [7, 11) is 0. The SMILES string of the molecule is ClC(Cl)=CCOc1cc(Cl)c(OCc2ccccc2)c(Cl)c1. The highest BCUT2D eigenvalue weighted by Gasteiger charge is 2.11. The van der Waals surface area contributed by atoms with Gasteiger partial charge in [0.1, 0.15) is 23.5 Å². The van der Waals surface area contributed by atoms with Gasteiger partial charge in [-0.1, -0.05) is 76.7 Å². The first-order chi connectivity index (χ1) is 10.6. The standard InChI is InChI=1S/C16H12Cl4O2/c17-13-8-12(21-7-6-15(19)20)9-14(18)16(13)22-10-11-4-2-1-3-5-11/h1-6,8-9H,7,10H2.